The number of ether oxygens (including phenoxy) is 2. The van der Waals surface area contributed by atoms with Crippen LogP contribution < -0.4 is 9.47 Å². The third-order valence-corrected chi connectivity index (χ3v) is 11.1. The molecule has 0 aliphatic heterocycles. The van der Waals surface area contributed by atoms with Crippen LogP contribution in [-0.2, 0) is 26.1 Å². The molecule has 0 amide bonds. The standard InChI is InChI=1S/2C26H23N5O/c1-18(21-8-5-9-22(16-21)26-28-30-31-29-26)14-19-6-4-10-24(15-19)32-17-23-13-12-20-7-2-3-11-25(20)27-23;1-18(14-19-6-4-9-22(15-19)26-28-30-31-29-26)21-8-5-10-24(16-21)32-17-23-13-12-20-7-2-3-11-25(20)27-23/h2*2-13,15-16,18H,14,17H2,1H3,(H,28,29,30,31). The molecule has 0 fully saturated rings. The number of hydrogen-bond donors (Lipinski definition) is 2. The number of fused-ring (bicyclic) bond motifs is 2. The van der Waals surface area contributed by atoms with E-state index < -0.39 is 0 Å². The molecule has 0 saturated heterocycles. The molecule has 0 spiro atoms. The highest BCUT2D eigenvalue weighted by atomic mass is 16.5. The molecule has 6 aromatic carbocycles. The lowest BCUT2D eigenvalue weighted by Crippen LogP contribution is -2.01. The Balaban J connectivity index is 0.000000162. The summed E-state index contributed by atoms with van der Waals surface area (Å²) in [5.41, 5.74) is 10.7. The summed E-state index contributed by atoms with van der Waals surface area (Å²) in [5, 5.41) is 30.9. The predicted octanol–water partition coefficient (Wildman–Crippen LogP) is 10.7. The highest BCUT2D eigenvalue weighted by Crippen LogP contribution is 2.28. The maximum absolute atomic E-state index is 6.06. The van der Waals surface area contributed by atoms with E-state index in [1.165, 1.54) is 22.3 Å². The molecule has 64 heavy (non-hydrogen) atoms. The average molecular weight is 843 g/mol. The minimum Gasteiger partial charge on any atom is -0.487 e. The number of nitrogens with one attached hydrogen (secondary N) is 2. The molecule has 0 saturated carbocycles. The Hall–Kier alpha value is -8.12. The van der Waals surface area contributed by atoms with Gasteiger partial charge in [-0.2, -0.15) is 10.4 Å². The lowest BCUT2D eigenvalue weighted by atomic mass is 9.92. The van der Waals surface area contributed by atoms with Gasteiger partial charge in [0.25, 0.3) is 0 Å². The highest BCUT2D eigenvalue weighted by Gasteiger charge is 2.13. The zero-order valence-corrected chi connectivity index (χ0v) is 35.5. The van der Waals surface area contributed by atoms with Crippen molar-refractivity contribution in [2.24, 2.45) is 0 Å². The number of hydrogen-bond acceptors (Lipinski definition) is 10. The van der Waals surface area contributed by atoms with E-state index in [1.54, 1.807) is 0 Å². The van der Waals surface area contributed by atoms with E-state index in [4.69, 9.17) is 14.5 Å². The van der Waals surface area contributed by atoms with Crippen molar-refractivity contribution in [3.8, 4) is 34.3 Å². The predicted molar refractivity (Wildman–Crippen MR) is 248 cm³/mol. The van der Waals surface area contributed by atoms with Crippen molar-refractivity contribution in [1.82, 2.24) is 51.2 Å². The number of rotatable bonds is 14. The summed E-state index contributed by atoms with van der Waals surface area (Å²) in [6.07, 6.45) is 1.81. The van der Waals surface area contributed by atoms with Crippen LogP contribution in [0.4, 0.5) is 0 Å². The monoisotopic (exact) mass is 842 g/mol. The van der Waals surface area contributed by atoms with Gasteiger partial charge in [0.1, 0.15) is 24.7 Å². The molecule has 12 nitrogen and oxygen atoms in total. The van der Waals surface area contributed by atoms with Crippen LogP contribution in [0.2, 0.25) is 0 Å². The summed E-state index contributed by atoms with van der Waals surface area (Å²) in [6.45, 7) is 5.33. The lowest BCUT2D eigenvalue weighted by Gasteiger charge is -2.14. The van der Waals surface area contributed by atoms with E-state index in [9.17, 15) is 0 Å². The fourth-order valence-electron chi connectivity index (χ4n) is 7.70. The van der Waals surface area contributed by atoms with Gasteiger partial charge < -0.3 is 9.47 Å². The van der Waals surface area contributed by atoms with Crippen LogP contribution in [0.25, 0.3) is 44.6 Å². The molecule has 10 aromatic rings. The second kappa shape index (κ2) is 19.7. The summed E-state index contributed by atoms with van der Waals surface area (Å²) in [5.74, 6) is 3.58. The molecule has 0 aliphatic carbocycles. The van der Waals surface area contributed by atoms with Gasteiger partial charge in [0.05, 0.1) is 22.4 Å². The van der Waals surface area contributed by atoms with E-state index in [0.29, 0.717) is 36.7 Å². The molecule has 2 atom stereocenters. The maximum Gasteiger partial charge on any atom is 0.204 e. The van der Waals surface area contributed by atoms with Gasteiger partial charge >= 0.3 is 0 Å². The average Bonchev–Trinajstić information content (AvgIpc) is 4.10. The van der Waals surface area contributed by atoms with Crippen LogP contribution in [0.1, 0.15) is 59.3 Å². The first kappa shape index (κ1) is 41.2. The molecule has 4 heterocycles. The van der Waals surface area contributed by atoms with Crippen molar-refractivity contribution in [3.05, 3.63) is 203 Å². The van der Waals surface area contributed by atoms with Gasteiger partial charge in [0, 0.05) is 21.9 Å². The Morgan fingerprint density at radius 3 is 1.52 bits per heavy atom. The first-order valence-electron chi connectivity index (χ1n) is 21.3. The summed E-state index contributed by atoms with van der Waals surface area (Å²) < 4.78 is 12.1. The Morgan fingerprint density at radius 1 is 0.453 bits per heavy atom. The summed E-state index contributed by atoms with van der Waals surface area (Å²) >= 11 is 0. The van der Waals surface area contributed by atoms with Crippen LogP contribution in [0.5, 0.6) is 11.5 Å². The van der Waals surface area contributed by atoms with Crippen LogP contribution in [0.3, 0.4) is 0 Å². The van der Waals surface area contributed by atoms with Gasteiger partial charge in [-0.05, 0) is 118 Å². The molecule has 4 aromatic heterocycles. The van der Waals surface area contributed by atoms with Crippen molar-refractivity contribution in [3.63, 3.8) is 0 Å². The number of nitrogens with zero attached hydrogens (tertiary/aromatic N) is 8. The molecule has 2 N–H and O–H groups in total. The fraction of sp³-hybridized carbons (Fsp3) is 0.154. The first-order chi connectivity index (χ1) is 31.5. The number of H-pyrrole nitrogens is 2. The summed E-state index contributed by atoms with van der Waals surface area (Å²) in [7, 11) is 0. The Morgan fingerprint density at radius 2 is 0.938 bits per heavy atom. The van der Waals surface area contributed by atoms with Crippen molar-refractivity contribution in [2.45, 2.75) is 51.7 Å². The fourth-order valence-corrected chi connectivity index (χ4v) is 7.70. The van der Waals surface area contributed by atoms with E-state index >= 15 is 0 Å². The van der Waals surface area contributed by atoms with Gasteiger partial charge in [-0.3, -0.25) is 0 Å². The van der Waals surface area contributed by atoms with E-state index in [0.717, 1.165) is 68.7 Å². The van der Waals surface area contributed by atoms with E-state index in [-0.39, 0.29) is 0 Å². The van der Waals surface area contributed by atoms with Crippen LogP contribution in [0, 0.1) is 0 Å². The first-order valence-corrected chi connectivity index (χ1v) is 21.3. The molecule has 0 bridgehead atoms. The van der Waals surface area contributed by atoms with Crippen molar-refractivity contribution in [2.75, 3.05) is 0 Å². The maximum atomic E-state index is 6.06. The van der Waals surface area contributed by atoms with Gasteiger partial charge in [0.2, 0.25) is 11.6 Å². The number of aromatic amines is 2. The number of pyridine rings is 2. The topological polar surface area (TPSA) is 153 Å². The third-order valence-electron chi connectivity index (χ3n) is 11.1. The zero-order valence-electron chi connectivity index (χ0n) is 35.5. The van der Waals surface area contributed by atoms with Gasteiger partial charge in [-0.1, -0.05) is 123 Å². The van der Waals surface area contributed by atoms with Gasteiger partial charge in [0.15, 0.2) is 0 Å². The van der Waals surface area contributed by atoms with E-state index in [1.807, 2.05) is 97.1 Å². The number of para-hydroxylation sites is 2. The van der Waals surface area contributed by atoms with E-state index in [2.05, 4.69) is 133 Å². The van der Waals surface area contributed by atoms with Crippen LogP contribution in [-0.4, -0.2) is 51.2 Å². The Kier molecular flexibility index (Phi) is 12.7. The molecule has 2 unspecified atom stereocenters. The van der Waals surface area contributed by atoms with Crippen molar-refractivity contribution < 1.29 is 9.47 Å². The second-order valence-electron chi connectivity index (χ2n) is 15.8. The largest absolute Gasteiger partial charge is 0.487 e. The number of aromatic nitrogens is 10. The van der Waals surface area contributed by atoms with Crippen molar-refractivity contribution in [1.29, 1.82) is 0 Å². The lowest BCUT2D eigenvalue weighted by molar-refractivity contribution is 0.301. The smallest absolute Gasteiger partial charge is 0.204 e. The third kappa shape index (κ3) is 10.5. The van der Waals surface area contributed by atoms with Crippen LogP contribution >= 0.6 is 0 Å². The molecule has 0 radical (unpaired) electrons. The molecule has 12 heteroatoms. The zero-order chi connectivity index (χ0) is 43.5. The number of benzene rings is 6. The summed E-state index contributed by atoms with van der Waals surface area (Å²) in [4.78, 5) is 9.38. The number of tetrazole rings is 2. The normalized spacial score (nSPS) is 12.0. The highest BCUT2D eigenvalue weighted by molar-refractivity contribution is 5.79. The van der Waals surface area contributed by atoms with Crippen molar-refractivity contribution >= 4 is 21.8 Å². The van der Waals surface area contributed by atoms with Gasteiger partial charge in [-0.15, -0.1) is 20.4 Å². The Labute approximate surface area is 370 Å². The molecule has 316 valence electrons. The van der Waals surface area contributed by atoms with Crippen LogP contribution in [0.15, 0.2) is 170 Å². The minimum atomic E-state index is 0.331. The van der Waals surface area contributed by atoms with Gasteiger partial charge in [-0.25, -0.2) is 9.97 Å². The molecular formula is C52H46N10O2. The Bertz CT molecular complexity index is 3080. The molecular weight excluding hydrogens is 797 g/mol. The summed E-state index contributed by atoms with van der Waals surface area (Å²) in [6, 6.07) is 57.6. The SMILES string of the molecule is CC(Cc1cccc(-c2nn[nH]n2)c1)c1cccc(OCc2ccc3ccccc3n2)c1.CC(Cc1cccc(OCc2ccc3ccccc3n2)c1)c1cccc(-c2nn[nH]n2)c1. The molecule has 10 rings (SSSR count). The molecule has 0 aliphatic rings. The second-order valence-corrected chi connectivity index (χ2v) is 15.8. The quantitative estimate of drug-likeness (QED) is 0.108. The minimum absolute atomic E-state index is 0.331.